The van der Waals surface area contributed by atoms with Gasteiger partial charge in [-0.25, -0.2) is 9.55 Å². The fourth-order valence-electron chi connectivity index (χ4n) is 5.99. The van der Waals surface area contributed by atoms with E-state index in [1.807, 2.05) is 20.3 Å². The number of methoxy groups -OCH3 is 1. The molecule has 2 aliphatic heterocycles. The minimum Gasteiger partial charge on any atom is -0.478 e. The summed E-state index contributed by atoms with van der Waals surface area (Å²) in [7, 11) is 5.81. The third-order valence-corrected chi connectivity index (χ3v) is 8.73. The molecule has 1 atom stereocenters. The van der Waals surface area contributed by atoms with Gasteiger partial charge in [0.2, 0.25) is 6.33 Å². The van der Waals surface area contributed by atoms with Crippen molar-refractivity contribution in [3.05, 3.63) is 100 Å². The SMILES string of the molecule is CCCC=C1C(c2cc(C3=CC=CN(C)C3)ccc2Cl)CCCN1N=C(C)c1nc(OC)c(-[n+]2cc(C)n(C)c2)cc1C. The summed E-state index contributed by atoms with van der Waals surface area (Å²) >= 11 is 6.92. The molecule has 0 saturated carbocycles. The van der Waals surface area contributed by atoms with Crippen molar-refractivity contribution in [2.45, 2.75) is 59.3 Å². The van der Waals surface area contributed by atoms with E-state index in [0.717, 1.165) is 72.1 Å². The Morgan fingerprint density at radius 1 is 1.23 bits per heavy atom. The second kappa shape index (κ2) is 13.2. The van der Waals surface area contributed by atoms with Crippen molar-refractivity contribution < 1.29 is 9.30 Å². The van der Waals surface area contributed by atoms with Gasteiger partial charge in [0.15, 0.2) is 5.69 Å². The van der Waals surface area contributed by atoms with Crippen molar-refractivity contribution in [2.75, 3.05) is 27.2 Å². The van der Waals surface area contributed by atoms with Crippen LogP contribution >= 0.6 is 11.6 Å². The minimum absolute atomic E-state index is 0.172. The van der Waals surface area contributed by atoms with Crippen molar-refractivity contribution in [3.63, 3.8) is 0 Å². The highest BCUT2D eigenvalue weighted by Gasteiger charge is 2.29. The lowest BCUT2D eigenvalue weighted by Gasteiger charge is -2.35. The number of unbranched alkanes of at least 4 members (excludes halogenated alkanes) is 1. The number of hydrogen-bond donors (Lipinski definition) is 0. The summed E-state index contributed by atoms with van der Waals surface area (Å²) in [6.45, 7) is 10.2. The summed E-state index contributed by atoms with van der Waals surface area (Å²) in [5, 5.41) is 8.21. The van der Waals surface area contributed by atoms with Crippen LogP contribution in [-0.2, 0) is 7.05 Å². The molecule has 0 N–H and O–H groups in total. The molecule has 7 nitrogen and oxygen atoms in total. The number of piperidine rings is 1. The van der Waals surface area contributed by atoms with Gasteiger partial charge in [0.1, 0.15) is 11.9 Å². The molecule has 0 aliphatic carbocycles. The number of benzene rings is 1. The first-order chi connectivity index (χ1) is 20.7. The molecular formula is C35H44ClN6O+. The third-order valence-electron chi connectivity index (χ3n) is 8.38. The first-order valence-electron chi connectivity index (χ1n) is 15.2. The van der Waals surface area contributed by atoms with Gasteiger partial charge >= 0.3 is 0 Å². The zero-order chi connectivity index (χ0) is 30.7. The van der Waals surface area contributed by atoms with Gasteiger partial charge in [-0.05, 0) is 85.8 Å². The van der Waals surface area contributed by atoms with E-state index in [4.69, 9.17) is 26.4 Å². The van der Waals surface area contributed by atoms with Crippen LogP contribution in [0.15, 0.2) is 72.0 Å². The van der Waals surface area contributed by atoms with Gasteiger partial charge in [-0.15, -0.1) is 0 Å². The smallest absolute Gasteiger partial charge is 0.262 e. The number of halogens is 1. The number of hydrazone groups is 1. The predicted molar refractivity (Wildman–Crippen MR) is 176 cm³/mol. The average Bonchev–Trinajstić information content (AvgIpc) is 3.33. The molecule has 1 fully saturated rings. The molecule has 2 aromatic heterocycles. The maximum absolute atomic E-state index is 6.92. The Kier molecular flexibility index (Phi) is 9.40. The Morgan fingerprint density at radius 2 is 2.05 bits per heavy atom. The standard InChI is InChI=1S/C35H44ClN6O/c1-8-9-14-32-29(30-20-27(15-16-31(30)36)28-12-10-17-39(5)22-28)13-11-18-42(32)38-26(4)34-24(2)19-33(35(37-34)43-7)41-21-25(3)40(6)23-41/h10,12,14-17,19-21,23,29H,8-9,11,13,18,22H2,1-7H3/q+1. The maximum Gasteiger partial charge on any atom is 0.262 e. The van der Waals surface area contributed by atoms with Crippen LogP contribution in [0.2, 0.25) is 5.02 Å². The van der Waals surface area contributed by atoms with Crippen molar-refractivity contribution in [2.24, 2.45) is 12.1 Å². The number of ether oxygens (including phenoxy) is 1. The summed E-state index contributed by atoms with van der Waals surface area (Å²) in [4.78, 5) is 7.15. The van der Waals surface area contributed by atoms with Gasteiger partial charge in [0.25, 0.3) is 5.88 Å². The van der Waals surface area contributed by atoms with E-state index in [2.05, 4.69) is 102 Å². The molecule has 1 aromatic carbocycles. The molecule has 0 bridgehead atoms. The summed E-state index contributed by atoms with van der Waals surface area (Å²) < 4.78 is 9.90. The zero-order valence-electron chi connectivity index (χ0n) is 26.6. The van der Waals surface area contributed by atoms with Crippen LogP contribution in [0, 0.1) is 13.8 Å². The molecular weight excluding hydrogens is 556 g/mol. The van der Waals surface area contributed by atoms with Crippen LogP contribution in [0.3, 0.4) is 0 Å². The van der Waals surface area contributed by atoms with E-state index in [9.17, 15) is 0 Å². The lowest BCUT2D eigenvalue weighted by Crippen LogP contribution is -2.31. The Hall–Kier alpha value is -3.84. The number of rotatable bonds is 8. The van der Waals surface area contributed by atoms with E-state index in [-0.39, 0.29) is 5.92 Å². The molecule has 2 aliphatic rings. The van der Waals surface area contributed by atoms with Crippen molar-refractivity contribution >= 4 is 22.9 Å². The Morgan fingerprint density at radius 3 is 2.74 bits per heavy atom. The van der Waals surface area contributed by atoms with Crippen LogP contribution in [0.1, 0.15) is 73.5 Å². The number of nitrogens with zero attached hydrogens (tertiary/aromatic N) is 6. The number of aromatic nitrogens is 3. The summed E-state index contributed by atoms with van der Waals surface area (Å²) in [5.41, 5.74) is 9.73. The first-order valence-corrected chi connectivity index (χ1v) is 15.6. The number of allylic oxidation sites excluding steroid dienone is 4. The van der Waals surface area contributed by atoms with E-state index in [1.54, 1.807) is 7.11 Å². The van der Waals surface area contributed by atoms with Crippen LogP contribution in [0.25, 0.3) is 11.3 Å². The molecule has 0 amide bonds. The van der Waals surface area contributed by atoms with Crippen LogP contribution in [-0.4, -0.2) is 52.4 Å². The van der Waals surface area contributed by atoms with E-state index < -0.39 is 0 Å². The topological polar surface area (TPSA) is 49.8 Å². The van der Waals surface area contributed by atoms with Gasteiger partial charge in [0, 0.05) is 43.7 Å². The van der Waals surface area contributed by atoms with Crippen molar-refractivity contribution in [3.8, 4) is 11.6 Å². The molecule has 3 aromatic rings. The fraction of sp³-hybridized carbons (Fsp3) is 0.400. The van der Waals surface area contributed by atoms with Crippen LogP contribution in [0.5, 0.6) is 5.88 Å². The number of pyridine rings is 1. The number of imidazole rings is 1. The highest BCUT2D eigenvalue weighted by Crippen LogP contribution is 2.41. The Balaban J connectivity index is 1.50. The van der Waals surface area contributed by atoms with Crippen LogP contribution < -0.4 is 9.30 Å². The quantitative estimate of drug-likeness (QED) is 0.205. The molecule has 1 saturated heterocycles. The number of hydrogen-bond acceptors (Lipinski definition) is 5. The highest BCUT2D eigenvalue weighted by atomic mass is 35.5. The Bertz CT molecular complexity index is 1590. The molecule has 0 spiro atoms. The normalized spacial score (nSPS) is 18.4. The van der Waals surface area contributed by atoms with E-state index in [1.165, 1.54) is 22.4 Å². The molecule has 226 valence electrons. The predicted octanol–water partition coefficient (Wildman–Crippen LogP) is 7.11. The fourth-order valence-corrected chi connectivity index (χ4v) is 6.24. The van der Waals surface area contributed by atoms with Gasteiger partial charge in [-0.1, -0.05) is 43.2 Å². The van der Waals surface area contributed by atoms with E-state index in [0.29, 0.717) is 5.88 Å². The van der Waals surface area contributed by atoms with Crippen molar-refractivity contribution in [1.82, 2.24) is 19.5 Å². The monoisotopic (exact) mass is 599 g/mol. The molecule has 4 heterocycles. The average molecular weight is 600 g/mol. The largest absolute Gasteiger partial charge is 0.478 e. The molecule has 5 rings (SSSR count). The first kappa shape index (κ1) is 30.6. The molecule has 8 heteroatoms. The summed E-state index contributed by atoms with van der Waals surface area (Å²) in [6.07, 6.45) is 17.0. The van der Waals surface area contributed by atoms with Gasteiger partial charge in [-0.3, -0.25) is 5.01 Å². The molecule has 1 unspecified atom stereocenters. The van der Waals surface area contributed by atoms with Crippen LogP contribution in [0.4, 0.5) is 0 Å². The minimum atomic E-state index is 0.172. The second-order valence-electron chi connectivity index (χ2n) is 11.7. The van der Waals surface area contributed by atoms with Crippen molar-refractivity contribution in [1.29, 1.82) is 0 Å². The second-order valence-corrected chi connectivity index (χ2v) is 12.1. The van der Waals surface area contributed by atoms with Gasteiger partial charge < -0.3 is 9.64 Å². The Labute approximate surface area is 261 Å². The molecule has 0 radical (unpaired) electrons. The number of aryl methyl sites for hydroxylation is 3. The van der Waals surface area contributed by atoms with Gasteiger partial charge in [0.05, 0.1) is 25.6 Å². The zero-order valence-corrected chi connectivity index (χ0v) is 27.3. The number of likely N-dealkylation sites (N-methyl/N-ethyl adjacent to an activating group) is 1. The lowest BCUT2D eigenvalue weighted by molar-refractivity contribution is -0.596. The lowest BCUT2D eigenvalue weighted by atomic mass is 9.85. The third kappa shape index (κ3) is 6.57. The molecule has 43 heavy (non-hydrogen) atoms. The highest BCUT2D eigenvalue weighted by molar-refractivity contribution is 6.31. The van der Waals surface area contributed by atoms with E-state index >= 15 is 0 Å². The van der Waals surface area contributed by atoms with Gasteiger partial charge in [-0.2, -0.15) is 9.67 Å². The summed E-state index contributed by atoms with van der Waals surface area (Å²) in [5.74, 6) is 0.746. The summed E-state index contributed by atoms with van der Waals surface area (Å²) in [6, 6.07) is 8.63. The maximum atomic E-state index is 6.92.